The third-order valence-electron chi connectivity index (χ3n) is 3.50. The van der Waals surface area contributed by atoms with Gasteiger partial charge in [0.2, 0.25) is 0 Å². The van der Waals surface area contributed by atoms with E-state index in [0.29, 0.717) is 0 Å². The average Bonchev–Trinajstić information content (AvgIpc) is 2.90. The quantitative estimate of drug-likeness (QED) is 0.768. The van der Waals surface area contributed by atoms with Crippen molar-refractivity contribution >= 4 is 10.9 Å². The summed E-state index contributed by atoms with van der Waals surface area (Å²) in [6.07, 6.45) is 4.00. The monoisotopic (exact) mass is 265 g/mol. The minimum atomic E-state index is 0.813. The van der Waals surface area contributed by atoms with Crippen LogP contribution in [0.2, 0.25) is 0 Å². The Bertz CT molecular complexity index is 686. The first kappa shape index (κ1) is 12.9. The molecule has 0 saturated carbocycles. The zero-order valence-electron chi connectivity index (χ0n) is 11.7. The molecule has 3 nitrogen and oxygen atoms in total. The van der Waals surface area contributed by atoms with Gasteiger partial charge in [-0.3, -0.25) is 4.98 Å². The van der Waals surface area contributed by atoms with Crippen molar-refractivity contribution in [3.05, 3.63) is 66.1 Å². The van der Waals surface area contributed by atoms with Crippen LogP contribution in [0.5, 0.6) is 0 Å². The van der Waals surface area contributed by atoms with Gasteiger partial charge in [0.25, 0.3) is 0 Å². The molecule has 3 rings (SSSR count). The van der Waals surface area contributed by atoms with Gasteiger partial charge in [-0.2, -0.15) is 0 Å². The summed E-state index contributed by atoms with van der Waals surface area (Å²) in [7, 11) is 0. The molecule has 0 saturated heterocycles. The highest BCUT2D eigenvalue weighted by atomic mass is 15.0. The Hall–Kier alpha value is -2.13. The fourth-order valence-corrected chi connectivity index (χ4v) is 2.54. The second-order valence-corrected chi connectivity index (χ2v) is 4.90. The lowest BCUT2D eigenvalue weighted by Gasteiger charge is -2.10. The third kappa shape index (κ3) is 2.58. The zero-order chi connectivity index (χ0) is 13.8. The number of aromatic nitrogens is 2. The second-order valence-electron chi connectivity index (χ2n) is 4.90. The number of pyridine rings is 1. The lowest BCUT2D eigenvalue weighted by molar-refractivity contribution is 0.722. The summed E-state index contributed by atoms with van der Waals surface area (Å²) in [5.74, 6) is 0. The molecule has 0 atom stereocenters. The van der Waals surface area contributed by atoms with E-state index < -0.39 is 0 Å². The highest BCUT2D eigenvalue weighted by Gasteiger charge is 2.07. The van der Waals surface area contributed by atoms with Gasteiger partial charge in [-0.25, -0.2) is 0 Å². The van der Waals surface area contributed by atoms with Gasteiger partial charge in [0.05, 0.1) is 17.8 Å². The van der Waals surface area contributed by atoms with E-state index in [-0.39, 0.29) is 0 Å². The summed E-state index contributed by atoms with van der Waals surface area (Å²) in [6.45, 7) is 4.83. The summed E-state index contributed by atoms with van der Waals surface area (Å²) in [4.78, 5) is 4.42. The summed E-state index contributed by atoms with van der Waals surface area (Å²) >= 11 is 0. The van der Waals surface area contributed by atoms with E-state index in [1.807, 2.05) is 18.3 Å². The number of rotatable bonds is 5. The number of benzene rings is 1. The van der Waals surface area contributed by atoms with Crippen molar-refractivity contribution in [1.29, 1.82) is 0 Å². The van der Waals surface area contributed by atoms with Gasteiger partial charge < -0.3 is 9.88 Å². The van der Waals surface area contributed by atoms with E-state index in [1.165, 1.54) is 16.5 Å². The molecular formula is C17H19N3. The minimum absolute atomic E-state index is 0.813. The number of hydrogen-bond donors (Lipinski definition) is 1. The van der Waals surface area contributed by atoms with Crippen LogP contribution in [0.4, 0.5) is 0 Å². The highest BCUT2D eigenvalue weighted by molar-refractivity contribution is 5.83. The minimum Gasteiger partial charge on any atom is -0.341 e. The van der Waals surface area contributed by atoms with Crippen molar-refractivity contribution in [2.45, 2.75) is 20.0 Å². The lowest BCUT2D eigenvalue weighted by atomic mass is 10.1. The standard InChI is InChI=1S/C17H19N3/c1-2-18-12-15-7-5-6-14-9-11-20(17(14)15)13-16-8-3-4-10-19-16/h3-11,18H,2,12-13H2,1H3. The van der Waals surface area contributed by atoms with Crippen LogP contribution in [0.15, 0.2) is 54.9 Å². The van der Waals surface area contributed by atoms with Gasteiger partial charge in [-0.05, 0) is 35.7 Å². The van der Waals surface area contributed by atoms with Crippen molar-refractivity contribution in [3.63, 3.8) is 0 Å². The molecule has 0 bridgehead atoms. The zero-order valence-corrected chi connectivity index (χ0v) is 11.7. The molecule has 2 heterocycles. The van der Waals surface area contributed by atoms with Crippen LogP contribution in [0.1, 0.15) is 18.2 Å². The first-order valence-corrected chi connectivity index (χ1v) is 7.06. The molecule has 1 aromatic carbocycles. The van der Waals surface area contributed by atoms with E-state index in [1.54, 1.807) is 0 Å². The van der Waals surface area contributed by atoms with Crippen molar-refractivity contribution in [3.8, 4) is 0 Å². The van der Waals surface area contributed by atoms with Gasteiger partial charge in [0.15, 0.2) is 0 Å². The Morgan fingerprint density at radius 2 is 2.05 bits per heavy atom. The third-order valence-corrected chi connectivity index (χ3v) is 3.50. The molecule has 0 aliphatic rings. The smallest absolute Gasteiger partial charge is 0.0648 e. The largest absolute Gasteiger partial charge is 0.341 e. The van der Waals surface area contributed by atoms with Crippen molar-refractivity contribution in [2.24, 2.45) is 0 Å². The molecule has 0 amide bonds. The van der Waals surface area contributed by atoms with Crippen molar-refractivity contribution in [2.75, 3.05) is 6.54 Å². The lowest BCUT2D eigenvalue weighted by Crippen LogP contribution is -2.13. The molecule has 2 aromatic heterocycles. The molecule has 20 heavy (non-hydrogen) atoms. The predicted octanol–water partition coefficient (Wildman–Crippen LogP) is 3.19. The molecule has 0 radical (unpaired) electrons. The molecule has 0 aliphatic heterocycles. The van der Waals surface area contributed by atoms with Gasteiger partial charge >= 0.3 is 0 Å². The molecule has 102 valence electrons. The Morgan fingerprint density at radius 1 is 1.10 bits per heavy atom. The van der Waals surface area contributed by atoms with E-state index in [4.69, 9.17) is 0 Å². The number of nitrogens with zero attached hydrogens (tertiary/aromatic N) is 2. The molecule has 0 aliphatic carbocycles. The van der Waals surface area contributed by atoms with Crippen LogP contribution in [-0.2, 0) is 13.1 Å². The van der Waals surface area contributed by atoms with Crippen LogP contribution in [0.25, 0.3) is 10.9 Å². The Kier molecular flexibility index (Phi) is 3.79. The normalized spacial score (nSPS) is 11.1. The van der Waals surface area contributed by atoms with Crippen LogP contribution in [0, 0.1) is 0 Å². The topological polar surface area (TPSA) is 29.9 Å². The van der Waals surface area contributed by atoms with E-state index >= 15 is 0 Å². The predicted molar refractivity (Wildman–Crippen MR) is 82.7 cm³/mol. The van der Waals surface area contributed by atoms with Crippen molar-refractivity contribution in [1.82, 2.24) is 14.9 Å². The first-order chi connectivity index (χ1) is 9.88. The number of hydrogen-bond acceptors (Lipinski definition) is 2. The Balaban J connectivity index is 1.98. The van der Waals surface area contributed by atoms with Gasteiger partial charge in [-0.15, -0.1) is 0 Å². The first-order valence-electron chi connectivity index (χ1n) is 7.06. The summed E-state index contributed by atoms with van der Waals surface area (Å²) in [5.41, 5.74) is 3.73. The number of fused-ring (bicyclic) bond motifs is 1. The number of para-hydroxylation sites is 1. The summed E-state index contributed by atoms with van der Waals surface area (Å²) in [5, 5.41) is 4.70. The summed E-state index contributed by atoms with van der Waals surface area (Å²) in [6, 6.07) is 14.7. The molecule has 0 unspecified atom stereocenters. The summed E-state index contributed by atoms with van der Waals surface area (Å²) < 4.78 is 2.28. The van der Waals surface area contributed by atoms with E-state index in [2.05, 4.69) is 58.3 Å². The van der Waals surface area contributed by atoms with Crippen LogP contribution in [0.3, 0.4) is 0 Å². The second kappa shape index (κ2) is 5.88. The van der Waals surface area contributed by atoms with Gasteiger partial charge in [-0.1, -0.05) is 31.2 Å². The van der Waals surface area contributed by atoms with E-state index in [0.717, 1.165) is 25.3 Å². The van der Waals surface area contributed by atoms with Gasteiger partial charge in [0.1, 0.15) is 0 Å². The fraction of sp³-hybridized carbons (Fsp3) is 0.235. The molecule has 0 fully saturated rings. The average molecular weight is 265 g/mol. The van der Waals surface area contributed by atoms with E-state index in [9.17, 15) is 0 Å². The highest BCUT2D eigenvalue weighted by Crippen LogP contribution is 2.21. The van der Waals surface area contributed by atoms with Crippen LogP contribution < -0.4 is 5.32 Å². The molecule has 0 spiro atoms. The van der Waals surface area contributed by atoms with Crippen molar-refractivity contribution < 1.29 is 0 Å². The van der Waals surface area contributed by atoms with Crippen LogP contribution >= 0.6 is 0 Å². The maximum Gasteiger partial charge on any atom is 0.0648 e. The van der Waals surface area contributed by atoms with Crippen LogP contribution in [-0.4, -0.2) is 16.1 Å². The molecule has 3 heteroatoms. The molecular weight excluding hydrogens is 246 g/mol. The fourth-order valence-electron chi connectivity index (χ4n) is 2.54. The maximum absolute atomic E-state index is 4.42. The molecule has 1 N–H and O–H groups in total. The Labute approximate surface area is 119 Å². The maximum atomic E-state index is 4.42. The Morgan fingerprint density at radius 3 is 2.85 bits per heavy atom. The molecule has 3 aromatic rings. The van der Waals surface area contributed by atoms with Gasteiger partial charge in [0, 0.05) is 18.9 Å². The number of nitrogens with one attached hydrogen (secondary N) is 1. The SMILES string of the molecule is CCNCc1cccc2ccn(Cc3ccccn3)c12.